The molecule has 2 aromatic rings. The van der Waals surface area contributed by atoms with Gasteiger partial charge in [0.25, 0.3) is 0 Å². The summed E-state index contributed by atoms with van der Waals surface area (Å²) >= 11 is 0. The van der Waals surface area contributed by atoms with Crippen LogP contribution in [-0.4, -0.2) is 6.98 Å². The minimum Gasteiger partial charge on any atom is -0.466 e. The maximum atomic E-state index is 12.4. The molecule has 2 rings (SSSR count). The van der Waals surface area contributed by atoms with Crippen LogP contribution in [-0.2, 0) is 0 Å². The third-order valence-electron chi connectivity index (χ3n) is 2.56. The molecule has 0 aliphatic rings. The molecule has 3 nitrogen and oxygen atoms in total. The molecule has 0 radical (unpaired) electrons. The first-order valence-electron chi connectivity index (χ1n) is 5.50. The van der Waals surface area contributed by atoms with E-state index in [0.717, 1.165) is 12.1 Å². The quantitative estimate of drug-likeness (QED) is 0.864. The van der Waals surface area contributed by atoms with Crippen LogP contribution >= 0.6 is 0 Å². The molecule has 19 heavy (non-hydrogen) atoms. The number of anilines is 1. The second kappa shape index (κ2) is 5.10. The molecule has 1 aromatic heterocycles. The Labute approximate surface area is 107 Å². The summed E-state index contributed by atoms with van der Waals surface area (Å²) in [7, 11) is 0. The first-order valence-corrected chi connectivity index (χ1v) is 5.50. The van der Waals surface area contributed by atoms with Crippen LogP contribution < -0.4 is 10.8 Å². The van der Waals surface area contributed by atoms with Crippen molar-refractivity contribution in [1.29, 1.82) is 5.26 Å². The maximum absolute atomic E-state index is 12.4. The highest BCUT2D eigenvalue weighted by atomic mass is 19.4. The molecule has 1 N–H and O–H groups in total. The predicted molar refractivity (Wildman–Crippen MR) is 65.8 cm³/mol. The van der Waals surface area contributed by atoms with Crippen molar-refractivity contribution < 1.29 is 17.4 Å². The number of nitrogens with one attached hydrogen (secondary N) is 1. The van der Waals surface area contributed by atoms with Gasteiger partial charge in [0.05, 0.1) is 12.3 Å². The minimum atomic E-state index is -5.00. The Hall–Kier alpha value is -2.36. The van der Waals surface area contributed by atoms with Gasteiger partial charge < -0.3 is 22.7 Å². The van der Waals surface area contributed by atoms with Crippen LogP contribution in [0.5, 0.6) is 0 Å². The molecule has 0 fully saturated rings. The lowest BCUT2D eigenvalue weighted by atomic mass is 9.80. The molecule has 0 spiro atoms. The van der Waals surface area contributed by atoms with Crippen molar-refractivity contribution in [1.82, 2.24) is 0 Å². The molecule has 0 bridgehead atoms. The maximum Gasteiger partial charge on any atom is 0.509 e. The highest BCUT2D eigenvalue weighted by Crippen LogP contribution is 2.19. The molecule has 7 heteroatoms. The standard InChI is InChI=1S/C12H9BF3N2O/c14-13(15,16)9-3-5-10(6-4-9)18-11(8-17)12-2-1-7-19-12/h1-7,11,18H/q-1. The zero-order valence-corrected chi connectivity index (χ0v) is 9.69. The first-order chi connectivity index (χ1) is 9.00. The van der Waals surface area contributed by atoms with Gasteiger partial charge in [0.1, 0.15) is 5.76 Å². The van der Waals surface area contributed by atoms with Crippen molar-refractivity contribution in [3.8, 4) is 6.07 Å². The topological polar surface area (TPSA) is 49.0 Å². The van der Waals surface area contributed by atoms with E-state index in [9.17, 15) is 12.9 Å². The largest absolute Gasteiger partial charge is 0.509 e. The Bertz CT molecular complexity index is 573. The lowest BCUT2D eigenvalue weighted by molar-refractivity contribution is 0.500. The van der Waals surface area contributed by atoms with Gasteiger partial charge in [-0.2, -0.15) is 5.26 Å². The van der Waals surface area contributed by atoms with Gasteiger partial charge in [-0.3, -0.25) is 0 Å². The van der Waals surface area contributed by atoms with Crippen molar-refractivity contribution in [3.63, 3.8) is 0 Å². The summed E-state index contributed by atoms with van der Waals surface area (Å²) < 4.78 is 42.4. The summed E-state index contributed by atoms with van der Waals surface area (Å²) in [5.74, 6) is 0.409. The number of benzene rings is 1. The number of halogens is 3. The average Bonchev–Trinajstić information content (AvgIpc) is 2.89. The summed E-state index contributed by atoms with van der Waals surface area (Å²) in [4.78, 5) is 0. The van der Waals surface area contributed by atoms with Crippen LogP contribution in [0.3, 0.4) is 0 Å². The van der Waals surface area contributed by atoms with E-state index in [-0.39, 0.29) is 0 Å². The smallest absolute Gasteiger partial charge is 0.466 e. The fourth-order valence-corrected chi connectivity index (χ4v) is 1.59. The Morgan fingerprint density at radius 1 is 1.16 bits per heavy atom. The first kappa shape index (κ1) is 13.1. The fourth-order valence-electron chi connectivity index (χ4n) is 1.59. The molecule has 0 aliphatic carbocycles. The van der Waals surface area contributed by atoms with Crippen LogP contribution in [0.15, 0.2) is 47.1 Å². The molecule has 98 valence electrons. The van der Waals surface area contributed by atoms with E-state index < -0.39 is 18.5 Å². The summed E-state index contributed by atoms with van der Waals surface area (Å²) in [5, 5.41) is 11.8. The second-order valence-corrected chi connectivity index (χ2v) is 3.92. The van der Waals surface area contributed by atoms with Crippen molar-refractivity contribution in [2.75, 3.05) is 5.32 Å². The van der Waals surface area contributed by atoms with Crippen molar-refractivity contribution in [2.24, 2.45) is 0 Å². The summed E-state index contributed by atoms with van der Waals surface area (Å²) in [6, 6.07) is 9.04. The predicted octanol–water partition coefficient (Wildman–Crippen LogP) is 3.01. The second-order valence-electron chi connectivity index (χ2n) is 3.92. The van der Waals surface area contributed by atoms with Crippen LogP contribution in [0.1, 0.15) is 11.8 Å². The van der Waals surface area contributed by atoms with Gasteiger partial charge in [-0.25, -0.2) is 0 Å². The average molecular weight is 265 g/mol. The van der Waals surface area contributed by atoms with Gasteiger partial charge >= 0.3 is 6.98 Å². The third-order valence-corrected chi connectivity index (χ3v) is 2.56. The van der Waals surface area contributed by atoms with Gasteiger partial charge in [0.2, 0.25) is 0 Å². The molecule has 1 aromatic carbocycles. The molecule has 0 amide bonds. The molecule has 0 saturated heterocycles. The van der Waals surface area contributed by atoms with E-state index in [1.165, 1.54) is 18.4 Å². The van der Waals surface area contributed by atoms with Crippen molar-refractivity contribution >= 4 is 18.1 Å². The highest BCUT2D eigenvalue weighted by molar-refractivity contribution is 6.73. The zero-order valence-electron chi connectivity index (χ0n) is 9.69. The Morgan fingerprint density at radius 2 is 1.84 bits per heavy atom. The number of nitriles is 1. The minimum absolute atomic E-state index is 0.409. The Morgan fingerprint density at radius 3 is 2.32 bits per heavy atom. The summed E-state index contributed by atoms with van der Waals surface area (Å²) in [6.07, 6.45) is 1.43. The van der Waals surface area contributed by atoms with Crippen molar-refractivity contribution in [3.05, 3.63) is 48.4 Å². The highest BCUT2D eigenvalue weighted by Gasteiger charge is 2.25. The van der Waals surface area contributed by atoms with Crippen LogP contribution in [0.25, 0.3) is 0 Å². The molecule has 0 saturated carbocycles. The molecular formula is C12H9BF3N2O-. The van der Waals surface area contributed by atoms with E-state index >= 15 is 0 Å². The number of hydrogen-bond donors (Lipinski definition) is 1. The van der Waals surface area contributed by atoms with Gasteiger partial charge in [-0.1, -0.05) is 12.1 Å². The normalized spacial score (nSPS) is 12.7. The van der Waals surface area contributed by atoms with E-state index in [4.69, 9.17) is 9.68 Å². The van der Waals surface area contributed by atoms with E-state index in [1.807, 2.05) is 6.07 Å². The SMILES string of the molecule is N#CC(Nc1ccc([B-](F)(F)F)cc1)c1ccco1. The number of rotatable bonds is 4. The van der Waals surface area contributed by atoms with Gasteiger partial charge in [0.15, 0.2) is 6.04 Å². The van der Waals surface area contributed by atoms with Crippen LogP contribution in [0.4, 0.5) is 18.6 Å². The Kier molecular flexibility index (Phi) is 3.51. The third kappa shape index (κ3) is 3.10. The fraction of sp³-hybridized carbons (Fsp3) is 0.0833. The monoisotopic (exact) mass is 265 g/mol. The summed E-state index contributed by atoms with van der Waals surface area (Å²) in [6.45, 7) is -5.00. The molecular weight excluding hydrogens is 256 g/mol. The van der Waals surface area contributed by atoms with Gasteiger partial charge in [0, 0.05) is 5.69 Å². The molecule has 1 heterocycles. The van der Waals surface area contributed by atoms with Gasteiger partial charge in [-0.15, -0.1) is 5.46 Å². The summed E-state index contributed by atoms with van der Waals surface area (Å²) in [5.41, 5.74) is -0.246. The van der Waals surface area contributed by atoms with E-state index in [2.05, 4.69) is 5.32 Å². The Balaban J connectivity index is 2.14. The van der Waals surface area contributed by atoms with E-state index in [0.29, 0.717) is 11.4 Å². The van der Waals surface area contributed by atoms with Crippen LogP contribution in [0, 0.1) is 11.3 Å². The molecule has 1 atom stereocenters. The van der Waals surface area contributed by atoms with E-state index in [1.54, 1.807) is 12.1 Å². The lowest BCUT2D eigenvalue weighted by Crippen LogP contribution is -2.33. The molecule has 0 aliphatic heterocycles. The van der Waals surface area contributed by atoms with Crippen LogP contribution in [0.2, 0.25) is 0 Å². The van der Waals surface area contributed by atoms with Crippen molar-refractivity contribution in [2.45, 2.75) is 6.04 Å². The number of nitrogens with zero attached hydrogens (tertiary/aromatic N) is 1. The number of furan rings is 1. The van der Waals surface area contributed by atoms with Gasteiger partial charge in [-0.05, 0) is 24.3 Å². The zero-order chi connectivity index (χ0) is 13.9. The molecule has 1 unspecified atom stereocenters. The lowest BCUT2D eigenvalue weighted by Gasteiger charge is -2.16. The number of hydrogen-bond acceptors (Lipinski definition) is 3.